The van der Waals surface area contributed by atoms with Crippen LogP contribution in [0.25, 0.3) is 0 Å². The number of aromatic nitrogens is 1. The minimum atomic E-state index is -0.310. The minimum absolute atomic E-state index is 0.0810. The van der Waals surface area contributed by atoms with Crippen molar-refractivity contribution < 1.29 is 9.59 Å². The van der Waals surface area contributed by atoms with E-state index in [0.717, 1.165) is 11.3 Å². The number of amides is 2. The first kappa shape index (κ1) is 23.6. The number of rotatable bonds is 9. The number of hydrogen-bond acceptors (Lipinski definition) is 2. The molecular weight excluding hydrogens is 445 g/mol. The molecule has 32 heavy (non-hydrogen) atoms. The summed E-state index contributed by atoms with van der Waals surface area (Å²) in [4.78, 5) is 29.7. The molecule has 2 aromatic carbocycles. The Labute approximate surface area is 198 Å². The van der Waals surface area contributed by atoms with Crippen molar-refractivity contribution in [2.24, 2.45) is 7.05 Å². The molecule has 0 saturated heterocycles. The average molecular weight is 470 g/mol. The summed E-state index contributed by atoms with van der Waals surface area (Å²) in [5.41, 5.74) is 2.38. The number of carbonyl (C=O) groups is 2. The van der Waals surface area contributed by atoms with Gasteiger partial charge in [-0.1, -0.05) is 59.6 Å². The fourth-order valence-electron chi connectivity index (χ4n) is 3.34. The maximum Gasteiger partial charge on any atom is 0.254 e. The Balaban J connectivity index is 1.82. The van der Waals surface area contributed by atoms with E-state index in [1.807, 2.05) is 60.3 Å². The van der Waals surface area contributed by atoms with Crippen LogP contribution in [0.5, 0.6) is 0 Å². The van der Waals surface area contributed by atoms with Crippen LogP contribution in [-0.4, -0.2) is 39.3 Å². The molecule has 3 aromatic rings. The topological polar surface area (TPSA) is 45.6 Å². The quantitative estimate of drug-likeness (QED) is 0.404. The van der Waals surface area contributed by atoms with Gasteiger partial charge in [0.2, 0.25) is 5.91 Å². The molecule has 0 bridgehead atoms. The zero-order valence-electron chi connectivity index (χ0n) is 17.9. The number of aryl methyl sites for hydroxylation is 1. The predicted octanol–water partition coefficient (Wildman–Crippen LogP) is 5.19. The Kier molecular flexibility index (Phi) is 8.14. The SMILES string of the molecule is C=CCN(CC(=O)N(Cc1ccccc1)Cc1cccn1C)C(=O)c1ccc(Cl)c(Cl)c1. The molecule has 0 aliphatic carbocycles. The van der Waals surface area contributed by atoms with Crippen LogP contribution in [0.3, 0.4) is 0 Å². The highest BCUT2D eigenvalue weighted by Crippen LogP contribution is 2.23. The third kappa shape index (κ3) is 6.02. The van der Waals surface area contributed by atoms with E-state index in [4.69, 9.17) is 23.2 Å². The smallest absolute Gasteiger partial charge is 0.254 e. The third-order valence-electron chi connectivity index (χ3n) is 5.10. The Morgan fingerprint density at radius 1 is 0.969 bits per heavy atom. The van der Waals surface area contributed by atoms with Crippen LogP contribution >= 0.6 is 23.2 Å². The summed E-state index contributed by atoms with van der Waals surface area (Å²) in [6, 6.07) is 18.4. The standard InChI is InChI=1S/C25H25Cl2N3O2/c1-3-13-29(25(32)20-11-12-22(26)23(27)15-20)18-24(31)30(16-19-8-5-4-6-9-19)17-21-10-7-14-28(21)2/h3-12,14-15H,1,13,16-18H2,2H3. The van der Waals surface area contributed by atoms with Crippen molar-refractivity contribution in [3.8, 4) is 0 Å². The van der Waals surface area contributed by atoms with E-state index in [1.54, 1.807) is 23.1 Å². The van der Waals surface area contributed by atoms with Gasteiger partial charge in [0.25, 0.3) is 5.91 Å². The maximum absolute atomic E-state index is 13.4. The summed E-state index contributed by atoms with van der Waals surface area (Å²) in [5, 5.41) is 0.656. The van der Waals surface area contributed by atoms with Gasteiger partial charge >= 0.3 is 0 Å². The molecule has 0 saturated carbocycles. The number of hydrogen-bond donors (Lipinski definition) is 0. The molecule has 0 atom stereocenters. The van der Waals surface area contributed by atoms with Gasteiger partial charge in [0, 0.05) is 37.6 Å². The molecule has 2 amide bonds. The fraction of sp³-hybridized carbons (Fsp3) is 0.200. The van der Waals surface area contributed by atoms with Gasteiger partial charge in [-0.2, -0.15) is 0 Å². The Morgan fingerprint density at radius 2 is 1.72 bits per heavy atom. The van der Waals surface area contributed by atoms with Gasteiger partial charge in [-0.05, 0) is 35.9 Å². The highest BCUT2D eigenvalue weighted by molar-refractivity contribution is 6.42. The van der Waals surface area contributed by atoms with Gasteiger partial charge < -0.3 is 14.4 Å². The zero-order chi connectivity index (χ0) is 23.1. The van der Waals surface area contributed by atoms with Crippen molar-refractivity contribution in [3.05, 3.63) is 106 Å². The predicted molar refractivity (Wildman–Crippen MR) is 129 cm³/mol. The molecule has 3 rings (SSSR count). The lowest BCUT2D eigenvalue weighted by Crippen LogP contribution is -2.42. The molecule has 166 valence electrons. The van der Waals surface area contributed by atoms with Crippen LogP contribution in [-0.2, 0) is 24.9 Å². The van der Waals surface area contributed by atoms with Gasteiger partial charge in [-0.15, -0.1) is 6.58 Å². The van der Waals surface area contributed by atoms with Crippen LogP contribution in [0.4, 0.5) is 0 Å². The lowest BCUT2D eigenvalue weighted by molar-refractivity contribution is -0.133. The van der Waals surface area contributed by atoms with Gasteiger partial charge in [0.15, 0.2) is 0 Å². The van der Waals surface area contributed by atoms with E-state index in [-0.39, 0.29) is 29.9 Å². The molecule has 0 fully saturated rings. The Bertz CT molecular complexity index is 1100. The van der Waals surface area contributed by atoms with Crippen LogP contribution in [0.1, 0.15) is 21.6 Å². The molecule has 0 unspecified atom stereocenters. The van der Waals surface area contributed by atoms with Crippen molar-refractivity contribution in [1.82, 2.24) is 14.4 Å². The van der Waals surface area contributed by atoms with Gasteiger partial charge in [0.05, 0.1) is 16.6 Å². The first-order chi connectivity index (χ1) is 15.4. The molecular formula is C25H25Cl2N3O2. The normalized spacial score (nSPS) is 10.6. The van der Waals surface area contributed by atoms with Gasteiger partial charge in [-0.3, -0.25) is 9.59 Å². The van der Waals surface area contributed by atoms with E-state index < -0.39 is 0 Å². The second-order valence-corrected chi connectivity index (χ2v) is 8.26. The van der Waals surface area contributed by atoms with E-state index in [1.165, 1.54) is 11.0 Å². The monoisotopic (exact) mass is 469 g/mol. The molecule has 0 spiro atoms. The molecule has 0 aliphatic heterocycles. The Hall–Kier alpha value is -3.02. The molecule has 1 aromatic heterocycles. The molecule has 5 nitrogen and oxygen atoms in total. The summed E-state index contributed by atoms with van der Waals surface area (Å²) in [6.45, 7) is 4.75. The van der Waals surface area contributed by atoms with Crippen LogP contribution in [0.2, 0.25) is 10.0 Å². The molecule has 0 aliphatic rings. The molecule has 1 heterocycles. The first-order valence-corrected chi connectivity index (χ1v) is 10.9. The highest BCUT2D eigenvalue weighted by Gasteiger charge is 2.23. The van der Waals surface area contributed by atoms with Crippen molar-refractivity contribution in [1.29, 1.82) is 0 Å². The van der Waals surface area contributed by atoms with Crippen LogP contribution < -0.4 is 0 Å². The summed E-state index contributed by atoms with van der Waals surface area (Å²) in [6.07, 6.45) is 3.54. The lowest BCUT2D eigenvalue weighted by atomic mass is 10.2. The summed E-state index contributed by atoms with van der Waals surface area (Å²) in [7, 11) is 1.94. The maximum atomic E-state index is 13.4. The molecule has 0 N–H and O–H groups in total. The van der Waals surface area contributed by atoms with E-state index in [0.29, 0.717) is 23.7 Å². The third-order valence-corrected chi connectivity index (χ3v) is 5.84. The van der Waals surface area contributed by atoms with E-state index >= 15 is 0 Å². The second kappa shape index (κ2) is 11.0. The second-order valence-electron chi connectivity index (χ2n) is 7.45. The minimum Gasteiger partial charge on any atom is -0.353 e. The van der Waals surface area contributed by atoms with Crippen molar-refractivity contribution in [3.63, 3.8) is 0 Å². The van der Waals surface area contributed by atoms with Gasteiger partial charge in [-0.25, -0.2) is 0 Å². The van der Waals surface area contributed by atoms with Crippen LogP contribution in [0.15, 0.2) is 79.5 Å². The largest absolute Gasteiger partial charge is 0.353 e. The summed E-state index contributed by atoms with van der Waals surface area (Å²) < 4.78 is 1.98. The van der Waals surface area contributed by atoms with E-state index in [2.05, 4.69) is 6.58 Å². The van der Waals surface area contributed by atoms with Crippen molar-refractivity contribution in [2.75, 3.05) is 13.1 Å². The number of nitrogens with zero attached hydrogens (tertiary/aromatic N) is 3. The molecule has 7 heteroatoms. The summed E-state index contributed by atoms with van der Waals surface area (Å²) in [5.74, 6) is -0.472. The van der Waals surface area contributed by atoms with Crippen molar-refractivity contribution in [2.45, 2.75) is 13.1 Å². The fourth-order valence-corrected chi connectivity index (χ4v) is 3.64. The lowest BCUT2D eigenvalue weighted by Gasteiger charge is -2.27. The molecule has 0 radical (unpaired) electrons. The average Bonchev–Trinajstić information content (AvgIpc) is 3.19. The van der Waals surface area contributed by atoms with Crippen molar-refractivity contribution >= 4 is 35.0 Å². The number of carbonyl (C=O) groups excluding carboxylic acids is 2. The first-order valence-electron chi connectivity index (χ1n) is 10.2. The highest BCUT2D eigenvalue weighted by atomic mass is 35.5. The summed E-state index contributed by atoms with van der Waals surface area (Å²) >= 11 is 12.1. The zero-order valence-corrected chi connectivity index (χ0v) is 19.4. The Morgan fingerprint density at radius 3 is 2.34 bits per heavy atom. The number of benzene rings is 2. The van der Waals surface area contributed by atoms with Gasteiger partial charge in [0.1, 0.15) is 6.54 Å². The number of halogens is 2. The van der Waals surface area contributed by atoms with Crippen LogP contribution in [0, 0.1) is 0 Å². The van der Waals surface area contributed by atoms with E-state index in [9.17, 15) is 9.59 Å².